The number of nitrogens with one attached hydrogen (secondary N) is 1. The van der Waals surface area contributed by atoms with E-state index in [2.05, 4.69) is 74.4 Å². The highest BCUT2D eigenvalue weighted by atomic mass is 32.2. The molecule has 0 aliphatic carbocycles. The fourth-order valence-electron chi connectivity index (χ4n) is 4.98. The Hall–Kier alpha value is -2.79. The van der Waals surface area contributed by atoms with Gasteiger partial charge in [-0.1, -0.05) is 0 Å². The molecular weight excluding hydrogens is 476 g/mol. The molecule has 10 heteroatoms. The van der Waals surface area contributed by atoms with Crippen molar-refractivity contribution in [3.8, 4) is 5.75 Å². The molecule has 2 fully saturated rings. The molecule has 2 aromatic carbocycles. The molecule has 36 heavy (non-hydrogen) atoms. The third kappa shape index (κ3) is 4.54. The fraction of sp³-hybridized carbons (Fsp3) is 0.462. The average Bonchev–Trinajstić information content (AvgIpc) is 3.50. The van der Waals surface area contributed by atoms with Crippen LogP contribution in [0, 0.1) is 0 Å². The fourth-order valence-corrected chi connectivity index (χ4v) is 6.03. The molecule has 3 aliphatic heterocycles. The molecule has 0 bridgehead atoms. The van der Waals surface area contributed by atoms with Gasteiger partial charge in [0.15, 0.2) is 6.10 Å². The quantitative estimate of drug-likeness (QED) is 0.535. The zero-order valence-corrected chi connectivity index (χ0v) is 21.8. The molecule has 1 aromatic heterocycles. The van der Waals surface area contributed by atoms with Gasteiger partial charge in [-0.3, -0.25) is 0 Å². The molecule has 190 valence electrons. The van der Waals surface area contributed by atoms with Crippen LogP contribution >= 0.6 is 11.8 Å². The molecule has 9 nitrogen and oxygen atoms in total. The minimum Gasteiger partial charge on any atom is -0.484 e. The number of aromatic nitrogens is 2. The van der Waals surface area contributed by atoms with Crippen LogP contribution in [-0.2, 0) is 9.47 Å². The summed E-state index contributed by atoms with van der Waals surface area (Å²) in [5.74, 6) is 2.44. The van der Waals surface area contributed by atoms with Crippen molar-refractivity contribution in [3.05, 3.63) is 36.7 Å². The van der Waals surface area contributed by atoms with E-state index in [1.54, 1.807) is 13.4 Å². The van der Waals surface area contributed by atoms with Crippen LogP contribution in [0.5, 0.6) is 5.75 Å². The molecule has 1 N–H and O–H groups in total. The highest BCUT2D eigenvalue weighted by Crippen LogP contribution is 2.41. The van der Waals surface area contributed by atoms with Gasteiger partial charge in [0, 0.05) is 62.7 Å². The topological polar surface area (TPSA) is 75.2 Å². The van der Waals surface area contributed by atoms with Gasteiger partial charge in [-0.15, -0.1) is 11.8 Å². The summed E-state index contributed by atoms with van der Waals surface area (Å²) in [4.78, 5) is 17.6. The third-order valence-electron chi connectivity index (χ3n) is 7.16. The van der Waals surface area contributed by atoms with Gasteiger partial charge in [-0.25, -0.2) is 9.97 Å². The largest absolute Gasteiger partial charge is 0.484 e. The highest BCUT2D eigenvalue weighted by Gasteiger charge is 2.31. The van der Waals surface area contributed by atoms with E-state index in [9.17, 15) is 0 Å². The minimum atomic E-state index is -0.194. The van der Waals surface area contributed by atoms with Crippen molar-refractivity contribution >= 4 is 45.5 Å². The van der Waals surface area contributed by atoms with Gasteiger partial charge in [-0.05, 0) is 31.3 Å². The Bertz CT molecular complexity index is 1250. The zero-order chi connectivity index (χ0) is 24.6. The highest BCUT2D eigenvalue weighted by molar-refractivity contribution is 7.99. The molecule has 4 heterocycles. The summed E-state index contributed by atoms with van der Waals surface area (Å²) in [6.45, 7) is 5.00. The molecule has 2 atom stereocenters. The van der Waals surface area contributed by atoms with Crippen molar-refractivity contribution in [2.45, 2.75) is 17.1 Å². The Morgan fingerprint density at radius 3 is 2.69 bits per heavy atom. The van der Waals surface area contributed by atoms with Crippen LogP contribution in [0.15, 0.2) is 41.6 Å². The lowest BCUT2D eigenvalue weighted by atomic mass is 10.1. The van der Waals surface area contributed by atoms with Gasteiger partial charge in [0.05, 0.1) is 35.7 Å². The number of piperazine rings is 1. The lowest BCUT2D eigenvalue weighted by molar-refractivity contribution is 0.0332. The van der Waals surface area contributed by atoms with Crippen molar-refractivity contribution in [2.75, 3.05) is 81.6 Å². The molecule has 6 rings (SSSR count). The second kappa shape index (κ2) is 9.93. The molecule has 0 spiro atoms. The predicted molar refractivity (Wildman–Crippen MR) is 144 cm³/mol. The first-order valence-corrected chi connectivity index (χ1v) is 13.3. The maximum Gasteiger partial charge on any atom is 0.150 e. The Balaban J connectivity index is 1.39. The van der Waals surface area contributed by atoms with E-state index in [1.807, 2.05) is 11.8 Å². The van der Waals surface area contributed by atoms with Crippen molar-refractivity contribution < 1.29 is 14.2 Å². The first-order valence-electron chi connectivity index (χ1n) is 12.3. The average molecular weight is 509 g/mol. The Morgan fingerprint density at radius 2 is 1.86 bits per heavy atom. The molecule has 0 saturated carbocycles. The number of nitrogens with zero attached hydrogens (tertiary/aromatic N) is 5. The summed E-state index contributed by atoms with van der Waals surface area (Å²) in [5.41, 5.74) is 4.21. The van der Waals surface area contributed by atoms with Crippen LogP contribution < -0.4 is 19.9 Å². The predicted octanol–water partition coefficient (Wildman–Crippen LogP) is 3.42. The molecule has 0 unspecified atom stereocenters. The Labute approximate surface area is 215 Å². The van der Waals surface area contributed by atoms with E-state index in [0.717, 1.165) is 65.9 Å². The summed E-state index contributed by atoms with van der Waals surface area (Å²) in [6.07, 6.45) is 1.31. The molecule has 3 aliphatic rings. The first kappa shape index (κ1) is 23.6. The maximum absolute atomic E-state index is 6.59. The second-order valence-corrected chi connectivity index (χ2v) is 10.6. The van der Waals surface area contributed by atoms with Gasteiger partial charge in [-0.2, -0.15) is 0 Å². The second-order valence-electron chi connectivity index (χ2n) is 9.60. The standard InChI is InChI=1S/C26H32N6O3S/c1-30-6-8-32(9-7-30)18-11-19-25(21(12-18)35-23-14-34-13-22(23)33-3)26(28-15-27-19)29-17-4-5-20-24(10-17)36-16-31(20)2/h4-5,10-12,15,22-23H,6-9,13-14,16H2,1-3H3,(H,27,28,29)/t22-,23-/m0/s1. The van der Waals surface area contributed by atoms with Crippen LogP contribution in [0.25, 0.3) is 10.9 Å². The summed E-state index contributed by atoms with van der Waals surface area (Å²) in [7, 11) is 5.98. The summed E-state index contributed by atoms with van der Waals surface area (Å²) in [5, 5.41) is 4.40. The van der Waals surface area contributed by atoms with E-state index in [-0.39, 0.29) is 12.2 Å². The normalized spacial score (nSPS) is 22.3. The number of hydrogen-bond donors (Lipinski definition) is 1. The van der Waals surface area contributed by atoms with Gasteiger partial charge >= 0.3 is 0 Å². The van der Waals surface area contributed by atoms with Crippen molar-refractivity contribution in [3.63, 3.8) is 0 Å². The zero-order valence-electron chi connectivity index (χ0n) is 20.9. The van der Waals surface area contributed by atoms with E-state index < -0.39 is 0 Å². The lowest BCUT2D eigenvalue weighted by Crippen LogP contribution is -2.44. The number of hydrogen-bond acceptors (Lipinski definition) is 10. The van der Waals surface area contributed by atoms with E-state index in [1.165, 1.54) is 10.6 Å². The number of ether oxygens (including phenoxy) is 3. The number of rotatable bonds is 6. The number of likely N-dealkylation sites (N-methyl/N-ethyl adjacent to an activating group) is 1. The van der Waals surface area contributed by atoms with Crippen LogP contribution in [0.3, 0.4) is 0 Å². The number of anilines is 4. The molecule has 3 aromatic rings. The monoisotopic (exact) mass is 508 g/mol. The van der Waals surface area contributed by atoms with E-state index in [0.29, 0.717) is 13.2 Å². The smallest absolute Gasteiger partial charge is 0.150 e. The maximum atomic E-state index is 6.59. The van der Waals surface area contributed by atoms with Crippen molar-refractivity contribution in [1.82, 2.24) is 14.9 Å². The van der Waals surface area contributed by atoms with Gasteiger partial charge in [0.1, 0.15) is 24.0 Å². The summed E-state index contributed by atoms with van der Waals surface area (Å²) in [6, 6.07) is 10.7. The first-order chi connectivity index (χ1) is 17.6. The van der Waals surface area contributed by atoms with Crippen LogP contribution in [0.1, 0.15) is 0 Å². The third-order valence-corrected chi connectivity index (χ3v) is 8.32. The Kier molecular flexibility index (Phi) is 6.51. The van der Waals surface area contributed by atoms with Gasteiger partial charge in [0.2, 0.25) is 0 Å². The molecule has 0 amide bonds. The van der Waals surface area contributed by atoms with Gasteiger partial charge in [0.25, 0.3) is 0 Å². The van der Waals surface area contributed by atoms with Crippen LogP contribution in [-0.4, -0.2) is 93.6 Å². The number of benzene rings is 2. The summed E-state index contributed by atoms with van der Waals surface area (Å²) >= 11 is 1.84. The number of thioether (sulfide) groups is 1. The molecule has 2 saturated heterocycles. The summed E-state index contributed by atoms with van der Waals surface area (Å²) < 4.78 is 17.9. The lowest BCUT2D eigenvalue weighted by Gasteiger charge is -2.34. The van der Waals surface area contributed by atoms with Crippen LogP contribution in [0.2, 0.25) is 0 Å². The van der Waals surface area contributed by atoms with Crippen molar-refractivity contribution in [2.24, 2.45) is 0 Å². The van der Waals surface area contributed by atoms with E-state index >= 15 is 0 Å². The van der Waals surface area contributed by atoms with Crippen LogP contribution in [0.4, 0.5) is 22.9 Å². The number of fused-ring (bicyclic) bond motifs is 2. The minimum absolute atomic E-state index is 0.112. The molecular formula is C26H32N6O3S. The molecule has 0 radical (unpaired) electrons. The van der Waals surface area contributed by atoms with E-state index in [4.69, 9.17) is 14.2 Å². The Morgan fingerprint density at radius 1 is 1.03 bits per heavy atom. The van der Waals surface area contributed by atoms with Crippen molar-refractivity contribution in [1.29, 1.82) is 0 Å². The van der Waals surface area contributed by atoms with Gasteiger partial charge < -0.3 is 34.2 Å². The SMILES string of the molecule is CO[C@H]1COC[C@@H]1Oc1cc(N2CCN(C)CC2)cc2ncnc(Nc3ccc4c(c3)SCN4C)c12. The number of methoxy groups -OCH3 is 1.